The number of fused-ring (bicyclic) bond motifs is 1. The minimum Gasteiger partial charge on any atom is -0.489 e. The summed E-state index contributed by atoms with van der Waals surface area (Å²) in [6.45, 7) is 0.322. The SMILES string of the molecule is Fc1cccc(COc2ccc3c(Cl)nccc3c2)c1. The van der Waals surface area contributed by atoms with Crippen molar-refractivity contribution in [2.45, 2.75) is 6.61 Å². The molecule has 4 heteroatoms. The van der Waals surface area contributed by atoms with Gasteiger partial charge in [0.15, 0.2) is 0 Å². The lowest BCUT2D eigenvalue weighted by atomic mass is 10.2. The second kappa shape index (κ2) is 5.47. The third-order valence-electron chi connectivity index (χ3n) is 2.98. The van der Waals surface area contributed by atoms with E-state index in [1.54, 1.807) is 12.3 Å². The number of pyridine rings is 1. The molecule has 0 atom stereocenters. The maximum Gasteiger partial charge on any atom is 0.136 e. The van der Waals surface area contributed by atoms with Crippen LogP contribution in [0, 0.1) is 5.82 Å². The Balaban J connectivity index is 1.81. The molecule has 100 valence electrons. The van der Waals surface area contributed by atoms with Crippen LogP contribution in [0.25, 0.3) is 10.8 Å². The van der Waals surface area contributed by atoms with Crippen molar-refractivity contribution < 1.29 is 9.13 Å². The summed E-state index contributed by atoms with van der Waals surface area (Å²) in [5.41, 5.74) is 0.790. The van der Waals surface area contributed by atoms with Crippen molar-refractivity contribution in [3.8, 4) is 5.75 Å². The predicted molar refractivity (Wildman–Crippen MR) is 77.5 cm³/mol. The molecule has 0 radical (unpaired) electrons. The van der Waals surface area contributed by atoms with Gasteiger partial charge in [-0.05, 0) is 47.3 Å². The molecule has 0 spiro atoms. The number of hydrogen-bond acceptors (Lipinski definition) is 2. The number of ether oxygens (including phenoxy) is 1. The number of benzene rings is 2. The number of halogens is 2. The van der Waals surface area contributed by atoms with Crippen LogP contribution < -0.4 is 4.74 Å². The summed E-state index contributed by atoms with van der Waals surface area (Å²) in [4.78, 5) is 4.02. The number of rotatable bonds is 3. The monoisotopic (exact) mass is 287 g/mol. The summed E-state index contributed by atoms with van der Waals surface area (Å²) in [5.74, 6) is 0.450. The third-order valence-corrected chi connectivity index (χ3v) is 3.28. The normalized spacial score (nSPS) is 10.7. The van der Waals surface area contributed by atoms with Crippen LogP contribution >= 0.6 is 11.6 Å². The molecule has 0 N–H and O–H groups in total. The maximum atomic E-state index is 13.1. The number of hydrogen-bond donors (Lipinski definition) is 0. The topological polar surface area (TPSA) is 22.1 Å². The fraction of sp³-hybridized carbons (Fsp3) is 0.0625. The highest BCUT2D eigenvalue weighted by Crippen LogP contribution is 2.25. The van der Waals surface area contributed by atoms with Gasteiger partial charge >= 0.3 is 0 Å². The highest BCUT2D eigenvalue weighted by atomic mass is 35.5. The molecule has 2 aromatic carbocycles. The molecule has 0 unspecified atom stereocenters. The van der Waals surface area contributed by atoms with Gasteiger partial charge in [0.05, 0.1) is 0 Å². The van der Waals surface area contributed by atoms with E-state index in [9.17, 15) is 4.39 Å². The zero-order valence-electron chi connectivity index (χ0n) is 10.5. The molecular weight excluding hydrogens is 277 g/mol. The molecule has 0 fully saturated rings. The molecule has 1 aromatic heterocycles. The lowest BCUT2D eigenvalue weighted by molar-refractivity contribution is 0.306. The van der Waals surface area contributed by atoms with Gasteiger partial charge in [-0.2, -0.15) is 0 Å². The average molecular weight is 288 g/mol. The van der Waals surface area contributed by atoms with Crippen LogP contribution in [0.2, 0.25) is 5.15 Å². The maximum absolute atomic E-state index is 13.1. The molecule has 0 aliphatic heterocycles. The number of nitrogens with zero attached hydrogens (tertiary/aromatic N) is 1. The Hall–Kier alpha value is -2.13. The van der Waals surface area contributed by atoms with Gasteiger partial charge in [0, 0.05) is 11.6 Å². The second-order valence-electron chi connectivity index (χ2n) is 4.40. The summed E-state index contributed by atoms with van der Waals surface area (Å²) in [7, 11) is 0. The quantitative estimate of drug-likeness (QED) is 0.657. The summed E-state index contributed by atoms with van der Waals surface area (Å²) in [6, 6.07) is 13.8. The minimum atomic E-state index is -0.262. The lowest BCUT2D eigenvalue weighted by Gasteiger charge is -2.08. The van der Waals surface area contributed by atoms with E-state index in [1.165, 1.54) is 12.1 Å². The Bertz CT molecular complexity index is 760. The summed E-state index contributed by atoms with van der Waals surface area (Å²) < 4.78 is 18.7. The fourth-order valence-electron chi connectivity index (χ4n) is 2.00. The first-order valence-corrected chi connectivity index (χ1v) is 6.52. The number of aromatic nitrogens is 1. The van der Waals surface area contributed by atoms with Crippen molar-refractivity contribution in [2.24, 2.45) is 0 Å². The largest absolute Gasteiger partial charge is 0.489 e. The van der Waals surface area contributed by atoms with Crippen LogP contribution in [0.1, 0.15) is 5.56 Å². The van der Waals surface area contributed by atoms with Crippen molar-refractivity contribution in [2.75, 3.05) is 0 Å². The average Bonchev–Trinajstić information content (AvgIpc) is 2.45. The van der Waals surface area contributed by atoms with Gasteiger partial charge in [-0.1, -0.05) is 23.7 Å². The smallest absolute Gasteiger partial charge is 0.136 e. The van der Waals surface area contributed by atoms with Crippen LogP contribution in [-0.4, -0.2) is 4.98 Å². The molecular formula is C16H11ClFNO. The first-order chi connectivity index (χ1) is 9.72. The van der Waals surface area contributed by atoms with Gasteiger partial charge in [-0.3, -0.25) is 0 Å². The molecule has 1 heterocycles. The van der Waals surface area contributed by atoms with Crippen LogP contribution in [0.3, 0.4) is 0 Å². The van der Waals surface area contributed by atoms with E-state index in [-0.39, 0.29) is 5.82 Å². The Kier molecular flexibility index (Phi) is 3.52. The summed E-state index contributed by atoms with van der Waals surface area (Å²) >= 11 is 6.01. The van der Waals surface area contributed by atoms with Gasteiger partial charge in [0.2, 0.25) is 0 Å². The van der Waals surface area contributed by atoms with Crippen molar-refractivity contribution in [3.63, 3.8) is 0 Å². The van der Waals surface area contributed by atoms with Crippen molar-refractivity contribution in [1.29, 1.82) is 0 Å². The molecule has 0 amide bonds. The van der Waals surface area contributed by atoms with E-state index in [4.69, 9.17) is 16.3 Å². The molecule has 0 saturated heterocycles. The molecule has 2 nitrogen and oxygen atoms in total. The molecule has 0 aliphatic rings. The third kappa shape index (κ3) is 2.73. The van der Waals surface area contributed by atoms with Gasteiger partial charge in [0.1, 0.15) is 23.3 Å². The summed E-state index contributed by atoms with van der Waals surface area (Å²) in [6.07, 6.45) is 1.65. The van der Waals surface area contributed by atoms with E-state index in [2.05, 4.69) is 4.98 Å². The lowest BCUT2D eigenvalue weighted by Crippen LogP contribution is -1.95. The van der Waals surface area contributed by atoms with Crippen molar-refractivity contribution in [1.82, 2.24) is 4.98 Å². The highest BCUT2D eigenvalue weighted by Gasteiger charge is 2.02. The molecule has 20 heavy (non-hydrogen) atoms. The molecule has 0 bridgehead atoms. The minimum absolute atomic E-state index is 0.262. The van der Waals surface area contributed by atoms with E-state index in [0.717, 1.165) is 16.3 Å². The Labute approximate surface area is 120 Å². The molecule has 3 rings (SSSR count). The fourth-order valence-corrected chi connectivity index (χ4v) is 2.23. The standard InChI is InChI=1S/C16H11ClFNO/c17-16-15-5-4-14(9-12(15)6-7-19-16)20-10-11-2-1-3-13(18)8-11/h1-9H,10H2. The van der Waals surface area contributed by atoms with Crippen LogP contribution in [0.5, 0.6) is 5.75 Å². The zero-order chi connectivity index (χ0) is 13.9. The second-order valence-corrected chi connectivity index (χ2v) is 4.76. The molecule has 3 aromatic rings. The van der Waals surface area contributed by atoms with Gasteiger partial charge in [-0.25, -0.2) is 9.37 Å². The van der Waals surface area contributed by atoms with Gasteiger partial charge in [-0.15, -0.1) is 0 Å². The zero-order valence-corrected chi connectivity index (χ0v) is 11.3. The van der Waals surface area contributed by atoms with Crippen LogP contribution in [-0.2, 0) is 6.61 Å². The van der Waals surface area contributed by atoms with E-state index in [0.29, 0.717) is 17.5 Å². The van der Waals surface area contributed by atoms with Crippen LogP contribution in [0.4, 0.5) is 4.39 Å². The Morgan fingerprint density at radius 1 is 1.10 bits per heavy atom. The van der Waals surface area contributed by atoms with E-state index < -0.39 is 0 Å². The van der Waals surface area contributed by atoms with Gasteiger partial charge < -0.3 is 4.74 Å². The van der Waals surface area contributed by atoms with Crippen molar-refractivity contribution in [3.05, 3.63) is 71.3 Å². The molecule has 0 aliphatic carbocycles. The molecule has 0 saturated carbocycles. The van der Waals surface area contributed by atoms with E-state index in [1.807, 2.05) is 30.3 Å². The van der Waals surface area contributed by atoms with Gasteiger partial charge in [0.25, 0.3) is 0 Å². The Morgan fingerprint density at radius 2 is 2.00 bits per heavy atom. The van der Waals surface area contributed by atoms with E-state index >= 15 is 0 Å². The Morgan fingerprint density at radius 3 is 2.85 bits per heavy atom. The predicted octanol–water partition coefficient (Wildman–Crippen LogP) is 4.61. The summed E-state index contributed by atoms with van der Waals surface area (Å²) in [5, 5.41) is 2.31. The van der Waals surface area contributed by atoms with Crippen LogP contribution in [0.15, 0.2) is 54.7 Å². The van der Waals surface area contributed by atoms with Crippen molar-refractivity contribution >= 4 is 22.4 Å². The highest BCUT2D eigenvalue weighted by molar-refractivity contribution is 6.34. The first-order valence-electron chi connectivity index (χ1n) is 6.14. The first kappa shape index (κ1) is 12.9.